The van der Waals surface area contributed by atoms with Gasteiger partial charge in [0, 0.05) is 0 Å². The summed E-state index contributed by atoms with van der Waals surface area (Å²) in [5.41, 5.74) is 1.69. The van der Waals surface area contributed by atoms with Crippen LogP contribution in [0.4, 0.5) is 0 Å². The molecule has 2 aromatic carbocycles. The number of hydrogen-bond acceptors (Lipinski definition) is 0. The minimum Gasteiger partial charge on any atom is -0.0826 e. The van der Waals surface area contributed by atoms with E-state index in [0.717, 1.165) is 11.1 Å². The Morgan fingerprint density at radius 1 is 0.500 bits per heavy atom. The molecular formula is C16H8Cl6. The molecule has 0 aliphatic rings. The number of halogens is 6. The SMILES string of the molecule is Clc1cc(C=CC=Cc2cc(Cl)c(Cl)c(Cl)c2)cc(Cl)c1Cl. The van der Waals surface area contributed by atoms with Crippen molar-refractivity contribution in [1.82, 2.24) is 0 Å². The van der Waals surface area contributed by atoms with E-state index in [9.17, 15) is 0 Å². The van der Waals surface area contributed by atoms with E-state index in [2.05, 4.69) is 0 Å². The Hall–Kier alpha value is -0.340. The van der Waals surface area contributed by atoms with Crippen LogP contribution in [-0.4, -0.2) is 0 Å². The summed E-state index contributed by atoms with van der Waals surface area (Å²) in [7, 11) is 0. The fourth-order valence-electron chi connectivity index (χ4n) is 1.68. The molecule has 22 heavy (non-hydrogen) atoms. The maximum atomic E-state index is 5.97. The van der Waals surface area contributed by atoms with Gasteiger partial charge in [-0.15, -0.1) is 0 Å². The molecule has 0 saturated carbocycles. The predicted octanol–water partition coefficient (Wildman–Crippen LogP) is 8.33. The number of benzene rings is 2. The van der Waals surface area contributed by atoms with Crippen molar-refractivity contribution >= 4 is 81.8 Å². The molecule has 0 nitrogen and oxygen atoms in total. The zero-order chi connectivity index (χ0) is 16.3. The van der Waals surface area contributed by atoms with E-state index in [-0.39, 0.29) is 0 Å². The van der Waals surface area contributed by atoms with Crippen LogP contribution < -0.4 is 0 Å². The van der Waals surface area contributed by atoms with Gasteiger partial charge in [0.2, 0.25) is 0 Å². The third kappa shape index (κ3) is 4.58. The lowest BCUT2D eigenvalue weighted by atomic mass is 10.2. The molecule has 0 spiro atoms. The monoisotopic (exact) mass is 410 g/mol. The van der Waals surface area contributed by atoms with E-state index in [1.165, 1.54) is 0 Å². The van der Waals surface area contributed by atoms with Crippen molar-refractivity contribution < 1.29 is 0 Å². The minimum atomic E-state index is 0.349. The van der Waals surface area contributed by atoms with E-state index < -0.39 is 0 Å². The molecule has 0 fully saturated rings. The van der Waals surface area contributed by atoms with Gasteiger partial charge in [0.15, 0.2) is 0 Å². The lowest BCUT2D eigenvalue weighted by molar-refractivity contribution is 1.64. The van der Waals surface area contributed by atoms with Crippen molar-refractivity contribution in [2.45, 2.75) is 0 Å². The molecule has 0 bridgehead atoms. The van der Waals surface area contributed by atoms with Gasteiger partial charge in [-0.3, -0.25) is 0 Å². The summed E-state index contributed by atoms with van der Waals surface area (Å²) < 4.78 is 0. The molecule has 0 aliphatic heterocycles. The average molecular weight is 413 g/mol. The first-order chi connectivity index (χ1) is 10.4. The molecule has 2 rings (SSSR count). The minimum absolute atomic E-state index is 0.349. The predicted molar refractivity (Wildman–Crippen MR) is 101 cm³/mol. The Balaban J connectivity index is 2.16. The molecule has 6 heteroatoms. The van der Waals surface area contributed by atoms with Crippen molar-refractivity contribution in [2.75, 3.05) is 0 Å². The summed E-state index contributed by atoms with van der Waals surface area (Å²) in [6, 6.07) is 6.93. The average Bonchev–Trinajstić information content (AvgIpc) is 2.46. The van der Waals surface area contributed by atoms with Gasteiger partial charge in [0.05, 0.1) is 30.1 Å². The van der Waals surface area contributed by atoms with Gasteiger partial charge in [0.1, 0.15) is 0 Å². The highest BCUT2D eigenvalue weighted by Gasteiger charge is 2.04. The lowest BCUT2D eigenvalue weighted by Crippen LogP contribution is -1.77. The first-order valence-electron chi connectivity index (χ1n) is 6.02. The van der Waals surface area contributed by atoms with Crippen molar-refractivity contribution in [3.05, 3.63) is 77.7 Å². The summed E-state index contributed by atoms with van der Waals surface area (Å²) in [6.07, 6.45) is 7.38. The summed E-state index contributed by atoms with van der Waals surface area (Å²) >= 11 is 35.7. The first kappa shape index (κ1) is 18.0. The van der Waals surface area contributed by atoms with Crippen LogP contribution in [0.25, 0.3) is 12.2 Å². The highest BCUT2D eigenvalue weighted by Crippen LogP contribution is 2.32. The molecular weight excluding hydrogens is 405 g/mol. The van der Waals surface area contributed by atoms with Crippen molar-refractivity contribution in [1.29, 1.82) is 0 Å². The van der Waals surface area contributed by atoms with Crippen LogP contribution in [0.3, 0.4) is 0 Å². The van der Waals surface area contributed by atoms with Crippen LogP contribution in [0.15, 0.2) is 36.4 Å². The van der Waals surface area contributed by atoms with Gasteiger partial charge < -0.3 is 0 Å². The van der Waals surface area contributed by atoms with Crippen LogP contribution in [0.1, 0.15) is 11.1 Å². The molecule has 0 N–H and O–H groups in total. The zero-order valence-electron chi connectivity index (χ0n) is 10.9. The van der Waals surface area contributed by atoms with E-state index in [0.29, 0.717) is 30.1 Å². The first-order valence-corrected chi connectivity index (χ1v) is 8.29. The Labute approximate surface area is 158 Å². The van der Waals surface area contributed by atoms with E-state index >= 15 is 0 Å². The second-order valence-electron chi connectivity index (χ2n) is 4.32. The molecule has 0 amide bonds. The van der Waals surface area contributed by atoms with Gasteiger partial charge >= 0.3 is 0 Å². The lowest BCUT2D eigenvalue weighted by Gasteiger charge is -2.01. The second-order valence-corrected chi connectivity index (χ2v) is 6.70. The van der Waals surface area contributed by atoms with Gasteiger partial charge in [-0.25, -0.2) is 0 Å². The maximum Gasteiger partial charge on any atom is 0.0778 e. The van der Waals surface area contributed by atoms with Crippen molar-refractivity contribution in [3.63, 3.8) is 0 Å². The topological polar surface area (TPSA) is 0 Å². The highest BCUT2D eigenvalue weighted by molar-refractivity contribution is 6.48. The highest BCUT2D eigenvalue weighted by atomic mass is 35.5. The maximum absolute atomic E-state index is 5.97. The van der Waals surface area contributed by atoms with E-state index in [4.69, 9.17) is 69.6 Å². The fraction of sp³-hybridized carbons (Fsp3) is 0. The van der Waals surface area contributed by atoms with Crippen LogP contribution >= 0.6 is 69.6 Å². The zero-order valence-corrected chi connectivity index (χ0v) is 15.4. The molecule has 0 radical (unpaired) electrons. The molecule has 0 unspecified atom stereocenters. The summed E-state index contributed by atoms with van der Waals surface area (Å²) in [5, 5.41) is 2.34. The molecule has 114 valence electrons. The standard InChI is InChI=1S/C16H8Cl6/c17-11-5-9(6-12(18)15(11)21)3-1-2-4-10-7-13(19)16(22)14(20)8-10/h1-8H. The largest absolute Gasteiger partial charge is 0.0826 e. The Bertz CT molecular complexity index is 650. The van der Waals surface area contributed by atoms with Crippen molar-refractivity contribution in [3.8, 4) is 0 Å². The molecule has 0 atom stereocenters. The van der Waals surface area contributed by atoms with Crippen LogP contribution in [0.5, 0.6) is 0 Å². The molecule has 0 heterocycles. The van der Waals surface area contributed by atoms with Crippen LogP contribution in [-0.2, 0) is 0 Å². The van der Waals surface area contributed by atoms with Gasteiger partial charge in [-0.05, 0) is 35.4 Å². The molecule has 0 aliphatic carbocycles. The van der Waals surface area contributed by atoms with E-state index in [1.54, 1.807) is 24.3 Å². The van der Waals surface area contributed by atoms with Crippen LogP contribution in [0.2, 0.25) is 30.1 Å². The number of rotatable bonds is 3. The quantitative estimate of drug-likeness (QED) is 0.351. The Morgan fingerprint density at radius 2 is 0.773 bits per heavy atom. The third-order valence-corrected chi connectivity index (χ3v) is 5.09. The van der Waals surface area contributed by atoms with E-state index in [1.807, 2.05) is 24.3 Å². The summed E-state index contributed by atoms with van der Waals surface area (Å²) in [6.45, 7) is 0. The summed E-state index contributed by atoms with van der Waals surface area (Å²) in [5.74, 6) is 0. The Kier molecular flexibility index (Phi) is 6.52. The third-order valence-electron chi connectivity index (χ3n) is 2.70. The molecule has 0 saturated heterocycles. The number of allylic oxidation sites excluding steroid dienone is 2. The molecule has 2 aromatic rings. The second kappa shape index (κ2) is 7.97. The fourth-order valence-corrected chi connectivity index (χ4v) is 2.90. The number of hydrogen-bond donors (Lipinski definition) is 0. The van der Waals surface area contributed by atoms with Gasteiger partial charge in [0.25, 0.3) is 0 Å². The normalized spacial score (nSPS) is 11.7. The summed E-state index contributed by atoms with van der Waals surface area (Å²) in [4.78, 5) is 0. The van der Waals surface area contributed by atoms with Crippen LogP contribution in [0, 0.1) is 0 Å². The van der Waals surface area contributed by atoms with Crippen molar-refractivity contribution in [2.24, 2.45) is 0 Å². The molecule has 0 aromatic heterocycles. The van der Waals surface area contributed by atoms with Gasteiger partial charge in [-0.2, -0.15) is 0 Å². The Morgan fingerprint density at radius 3 is 1.05 bits per heavy atom. The smallest absolute Gasteiger partial charge is 0.0778 e. The van der Waals surface area contributed by atoms with Gasteiger partial charge in [-0.1, -0.05) is 93.9 Å².